The lowest BCUT2D eigenvalue weighted by Gasteiger charge is -2.30. The number of hydrogen-bond acceptors (Lipinski definition) is 7. The van der Waals surface area contributed by atoms with Gasteiger partial charge in [-0.1, -0.05) is 88.5 Å². The van der Waals surface area contributed by atoms with Crippen molar-refractivity contribution >= 4 is 75.2 Å². The van der Waals surface area contributed by atoms with Crippen molar-refractivity contribution in [3.63, 3.8) is 0 Å². The summed E-state index contributed by atoms with van der Waals surface area (Å²) >= 11 is 19.1. The molecule has 1 aliphatic heterocycles. The zero-order valence-corrected chi connectivity index (χ0v) is 32.2. The first-order valence-corrected chi connectivity index (χ1v) is 17.9. The van der Waals surface area contributed by atoms with E-state index in [1.54, 1.807) is 6.07 Å². The maximum Gasteiger partial charge on any atom is 0.301 e. The molecule has 0 radical (unpaired) electrons. The summed E-state index contributed by atoms with van der Waals surface area (Å²) in [5.74, 6) is -0.654. The molecule has 0 unspecified atom stereocenters. The predicted molar refractivity (Wildman–Crippen MR) is 206 cm³/mol. The van der Waals surface area contributed by atoms with Gasteiger partial charge in [0.05, 0.1) is 22.3 Å². The van der Waals surface area contributed by atoms with E-state index >= 15 is 0 Å². The van der Waals surface area contributed by atoms with Gasteiger partial charge in [-0.2, -0.15) is 5.01 Å². The molecule has 2 amide bonds. The lowest BCUT2D eigenvalue weighted by molar-refractivity contribution is -0.121. The van der Waals surface area contributed by atoms with Crippen LogP contribution in [0.1, 0.15) is 78.0 Å². The Morgan fingerprint density at radius 2 is 1.64 bits per heavy atom. The number of amides is 2. The van der Waals surface area contributed by atoms with E-state index in [0.29, 0.717) is 24.5 Å². The molecule has 0 saturated carbocycles. The fourth-order valence-electron chi connectivity index (χ4n) is 5.45. The molecule has 50 heavy (non-hydrogen) atoms. The number of likely N-dealkylation sites (N-methyl/N-ethyl adjacent to an activating group) is 1. The second kappa shape index (κ2) is 16.1. The van der Waals surface area contributed by atoms with Crippen molar-refractivity contribution in [1.29, 1.82) is 0 Å². The van der Waals surface area contributed by atoms with E-state index in [2.05, 4.69) is 63.0 Å². The van der Waals surface area contributed by atoms with E-state index in [4.69, 9.17) is 39.5 Å². The van der Waals surface area contributed by atoms with Gasteiger partial charge in [0, 0.05) is 29.4 Å². The number of halogens is 3. The zero-order chi connectivity index (χ0) is 37.0. The third-order valence-corrected chi connectivity index (χ3v) is 10.2. The second-order valence-corrected chi connectivity index (χ2v) is 14.8. The highest BCUT2D eigenvalue weighted by atomic mass is 35.5. The van der Waals surface area contributed by atoms with E-state index in [9.17, 15) is 14.7 Å². The molecule has 1 aliphatic rings. The number of aliphatic imine (C=N–C) groups is 1. The third kappa shape index (κ3) is 8.62. The molecule has 3 aromatic carbocycles. The Bertz CT molecular complexity index is 1800. The molecule has 268 valence electrons. The predicted octanol–water partition coefficient (Wildman–Crippen LogP) is 8.78. The number of carbonyl (C=O) groups is 2. The SMILES string of the molecule is CCN(CCO)c1ccc(/N=C2\C(=O)N(c3c(Cl)cc(Cl)cc3Cl)N=C2NC(=O)COc2ccc(C(C)(C)CC)cc2C(C)(C)CC)c(C)c1. The van der Waals surface area contributed by atoms with Gasteiger partial charge in [-0.3, -0.25) is 9.59 Å². The van der Waals surface area contributed by atoms with Gasteiger partial charge in [-0.05, 0) is 85.0 Å². The smallest absolute Gasteiger partial charge is 0.301 e. The first kappa shape index (κ1) is 39.2. The number of benzene rings is 3. The fourth-order valence-corrected chi connectivity index (χ4v) is 6.43. The van der Waals surface area contributed by atoms with Crippen LogP contribution in [0.5, 0.6) is 5.75 Å². The van der Waals surface area contributed by atoms with Crippen LogP contribution in [0.2, 0.25) is 15.1 Å². The van der Waals surface area contributed by atoms with E-state index < -0.39 is 11.8 Å². The molecule has 0 fully saturated rings. The van der Waals surface area contributed by atoms with Crippen LogP contribution in [-0.2, 0) is 20.4 Å². The normalized spacial score (nSPS) is 14.3. The number of aliphatic hydroxyl groups is 1. The summed E-state index contributed by atoms with van der Waals surface area (Å²) in [6.45, 7) is 17.7. The minimum atomic E-state index is -0.646. The summed E-state index contributed by atoms with van der Waals surface area (Å²) in [6.07, 6.45) is 1.84. The molecule has 9 nitrogen and oxygen atoms in total. The zero-order valence-electron chi connectivity index (χ0n) is 30.0. The van der Waals surface area contributed by atoms with Crippen molar-refractivity contribution in [1.82, 2.24) is 5.32 Å². The van der Waals surface area contributed by atoms with Crippen molar-refractivity contribution in [2.24, 2.45) is 10.1 Å². The minimum Gasteiger partial charge on any atom is -0.483 e. The lowest BCUT2D eigenvalue weighted by atomic mass is 9.76. The molecule has 0 aromatic heterocycles. The quantitative estimate of drug-likeness (QED) is 0.182. The molecule has 4 rings (SSSR count). The molecule has 0 atom stereocenters. The van der Waals surface area contributed by atoms with Crippen LogP contribution in [0.15, 0.2) is 58.6 Å². The molecule has 0 aliphatic carbocycles. The van der Waals surface area contributed by atoms with Gasteiger partial charge in [0.2, 0.25) is 0 Å². The van der Waals surface area contributed by atoms with Crippen LogP contribution >= 0.6 is 34.8 Å². The van der Waals surface area contributed by atoms with Crippen LogP contribution in [0.3, 0.4) is 0 Å². The van der Waals surface area contributed by atoms with E-state index in [-0.39, 0.29) is 56.3 Å². The Labute approximate surface area is 310 Å². The first-order chi connectivity index (χ1) is 23.6. The van der Waals surface area contributed by atoms with Gasteiger partial charge in [0.1, 0.15) is 11.4 Å². The van der Waals surface area contributed by atoms with Crippen molar-refractivity contribution in [3.8, 4) is 5.75 Å². The van der Waals surface area contributed by atoms with E-state index in [0.717, 1.165) is 34.7 Å². The number of hydrogen-bond donors (Lipinski definition) is 2. The van der Waals surface area contributed by atoms with Gasteiger partial charge < -0.3 is 20.1 Å². The minimum absolute atomic E-state index is 0.0142. The van der Waals surface area contributed by atoms with Crippen LogP contribution in [0.25, 0.3) is 0 Å². The van der Waals surface area contributed by atoms with Crippen molar-refractivity contribution < 1.29 is 19.4 Å². The largest absolute Gasteiger partial charge is 0.483 e. The van der Waals surface area contributed by atoms with Crippen molar-refractivity contribution in [3.05, 3.63) is 80.3 Å². The van der Waals surface area contributed by atoms with Crippen LogP contribution in [-0.4, -0.2) is 54.8 Å². The highest BCUT2D eigenvalue weighted by molar-refractivity contribution is 6.72. The number of amidine groups is 1. The molecule has 3 aromatic rings. The van der Waals surface area contributed by atoms with Gasteiger partial charge in [0.15, 0.2) is 18.2 Å². The van der Waals surface area contributed by atoms with Crippen molar-refractivity contribution in [2.75, 3.05) is 36.2 Å². The average Bonchev–Trinajstić information content (AvgIpc) is 3.36. The van der Waals surface area contributed by atoms with Gasteiger partial charge in [-0.15, -0.1) is 5.10 Å². The number of carbonyl (C=O) groups excluding carboxylic acids is 2. The number of ether oxygens (including phenoxy) is 1. The number of nitrogens with zero attached hydrogens (tertiary/aromatic N) is 4. The number of rotatable bonds is 13. The lowest BCUT2D eigenvalue weighted by Crippen LogP contribution is -2.39. The number of anilines is 2. The third-order valence-electron chi connectivity index (χ3n) is 9.42. The number of aliphatic hydroxyl groups excluding tert-OH is 1. The Kier molecular flexibility index (Phi) is 12.6. The number of nitrogens with one attached hydrogen (secondary N) is 1. The van der Waals surface area contributed by atoms with E-state index in [1.807, 2.05) is 43.0 Å². The number of aryl methyl sites for hydroxylation is 1. The Balaban J connectivity index is 1.69. The average molecular weight is 743 g/mol. The highest BCUT2D eigenvalue weighted by Gasteiger charge is 2.37. The molecule has 12 heteroatoms. The molecule has 0 spiro atoms. The van der Waals surface area contributed by atoms with Crippen LogP contribution in [0.4, 0.5) is 17.1 Å². The highest BCUT2D eigenvalue weighted by Crippen LogP contribution is 2.40. The van der Waals surface area contributed by atoms with Crippen LogP contribution < -0.4 is 20.0 Å². The topological polar surface area (TPSA) is 107 Å². The van der Waals surface area contributed by atoms with Crippen molar-refractivity contribution in [2.45, 2.75) is 79.1 Å². The molecular formula is C38H46Cl3N5O4. The van der Waals surface area contributed by atoms with Gasteiger partial charge >= 0.3 is 5.91 Å². The summed E-state index contributed by atoms with van der Waals surface area (Å²) < 4.78 is 6.14. The Morgan fingerprint density at radius 1 is 0.980 bits per heavy atom. The Hall–Kier alpha value is -3.63. The first-order valence-electron chi connectivity index (χ1n) is 16.8. The maximum atomic E-state index is 13.9. The second-order valence-electron chi connectivity index (χ2n) is 13.5. The Morgan fingerprint density at radius 3 is 2.22 bits per heavy atom. The van der Waals surface area contributed by atoms with E-state index in [1.165, 1.54) is 17.7 Å². The molecular weight excluding hydrogens is 697 g/mol. The fraction of sp³-hybridized carbons (Fsp3) is 0.421. The molecule has 2 N–H and O–H groups in total. The summed E-state index contributed by atoms with van der Waals surface area (Å²) in [7, 11) is 0. The molecule has 0 saturated heterocycles. The summed E-state index contributed by atoms with van der Waals surface area (Å²) in [5, 5.41) is 18.1. The summed E-state index contributed by atoms with van der Waals surface area (Å²) in [5.41, 5.74) is 4.15. The molecule has 1 heterocycles. The summed E-state index contributed by atoms with van der Waals surface area (Å²) in [6, 6.07) is 14.6. The molecule has 0 bridgehead atoms. The monoisotopic (exact) mass is 741 g/mol. The van der Waals surface area contributed by atoms with Crippen LogP contribution in [0, 0.1) is 6.92 Å². The standard InChI is InChI=1S/C38H46Cl3N5O4/c1-9-37(5,6)24-12-15-31(27(19-24)38(7,8)10-2)50-22-32(48)43-35-33(36(49)46(44-35)34-28(40)20-25(39)21-29(34)41)42-30-14-13-26(18-23(30)4)45(11-3)16-17-47/h12-15,18-21,47H,9-11,16-17,22H2,1-8H3,(H,43,44,48)/b42-33-. The van der Waals surface area contributed by atoms with Gasteiger partial charge in [-0.25, -0.2) is 4.99 Å². The maximum absolute atomic E-state index is 13.9. The van der Waals surface area contributed by atoms with Gasteiger partial charge in [0.25, 0.3) is 5.91 Å². The number of hydrazone groups is 1. The summed E-state index contributed by atoms with van der Waals surface area (Å²) in [4.78, 5) is 34.1.